The normalized spacial score (nSPS) is 11.5. The van der Waals surface area contributed by atoms with E-state index in [-0.39, 0.29) is 56.1 Å². The van der Waals surface area contributed by atoms with E-state index in [1.807, 2.05) is 10.8 Å². The molecule has 0 bridgehead atoms. The molecule has 4 N–H and O–H groups in total. The molecule has 0 fully saturated rings. The van der Waals surface area contributed by atoms with Crippen LogP contribution in [0.5, 0.6) is 0 Å². The molecular formula is C24H16Cl2N6O4S2+2. The summed E-state index contributed by atoms with van der Waals surface area (Å²) in [6.07, 6.45) is 3.76. The van der Waals surface area contributed by atoms with Crippen molar-refractivity contribution >= 4 is 67.9 Å². The fourth-order valence-electron chi connectivity index (χ4n) is 4.32. The van der Waals surface area contributed by atoms with E-state index >= 15 is 0 Å². The largest absolute Gasteiger partial charge is 0.346 e. The van der Waals surface area contributed by atoms with Gasteiger partial charge in [0.15, 0.2) is 10.9 Å². The van der Waals surface area contributed by atoms with Crippen molar-refractivity contribution in [2.45, 2.75) is 12.8 Å². The van der Waals surface area contributed by atoms with Crippen molar-refractivity contribution in [3.63, 3.8) is 0 Å². The number of aromatic amines is 4. The van der Waals surface area contributed by atoms with Gasteiger partial charge in [0, 0.05) is 34.0 Å². The van der Waals surface area contributed by atoms with Crippen LogP contribution in [0.25, 0.3) is 32.3 Å². The van der Waals surface area contributed by atoms with Crippen LogP contribution >= 0.6 is 45.9 Å². The molecule has 0 amide bonds. The summed E-state index contributed by atoms with van der Waals surface area (Å²) in [5.74, 6) is 0. The van der Waals surface area contributed by atoms with Gasteiger partial charge in [-0.25, -0.2) is 9.97 Å². The van der Waals surface area contributed by atoms with Crippen molar-refractivity contribution in [1.29, 1.82) is 0 Å². The smallest absolute Gasteiger partial charge is 0.289 e. The van der Waals surface area contributed by atoms with E-state index < -0.39 is 11.1 Å². The number of hydrogen-bond acceptors (Lipinski definition) is 6. The van der Waals surface area contributed by atoms with Crippen LogP contribution in [0.15, 0.2) is 66.6 Å². The predicted octanol–water partition coefficient (Wildman–Crippen LogP) is 2.51. The van der Waals surface area contributed by atoms with E-state index in [0.717, 1.165) is 0 Å². The molecule has 0 aliphatic heterocycles. The van der Waals surface area contributed by atoms with Crippen molar-refractivity contribution in [2.24, 2.45) is 0 Å². The molecule has 6 rings (SSSR count). The molecule has 6 heterocycles. The highest BCUT2D eigenvalue weighted by molar-refractivity contribution is 7.11. The maximum absolute atomic E-state index is 13.0. The number of halogens is 2. The maximum atomic E-state index is 13.0. The number of rotatable bonds is 5. The van der Waals surface area contributed by atoms with Gasteiger partial charge in [-0.3, -0.25) is 29.1 Å². The van der Waals surface area contributed by atoms with Gasteiger partial charge in [-0.2, -0.15) is 9.13 Å². The molecule has 0 spiro atoms. The van der Waals surface area contributed by atoms with E-state index in [1.54, 1.807) is 21.5 Å². The van der Waals surface area contributed by atoms with Gasteiger partial charge in [0.05, 0.1) is 23.2 Å². The Hall–Kier alpha value is -3.84. The number of aromatic nitrogens is 6. The van der Waals surface area contributed by atoms with Crippen LogP contribution in [0.1, 0.15) is 11.1 Å². The number of thiazole rings is 2. The Bertz CT molecular complexity index is 1940. The van der Waals surface area contributed by atoms with E-state index in [4.69, 9.17) is 23.2 Å². The molecule has 190 valence electrons. The number of pyridine rings is 4. The molecular weight excluding hydrogens is 571 g/mol. The second kappa shape index (κ2) is 9.48. The quantitative estimate of drug-likeness (QED) is 0.300. The van der Waals surface area contributed by atoms with Gasteiger partial charge in [0.1, 0.15) is 0 Å². The second-order valence-corrected chi connectivity index (χ2v) is 10.9. The number of fused-ring (bicyclic) bond motifs is 2. The Morgan fingerprint density at radius 1 is 0.684 bits per heavy atom. The molecule has 38 heavy (non-hydrogen) atoms. The number of aryl methyl sites for hydroxylation is 2. The summed E-state index contributed by atoms with van der Waals surface area (Å²) in [7, 11) is 0. The lowest BCUT2D eigenvalue weighted by Crippen LogP contribution is -2.23. The van der Waals surface area contributed by atoms with Crippen molar-refractivity contribution in [3.8, 4) is 10.3 Å². The Morgan fingerprint density at radius 3 is 1.47 bits per heavy atom. The molecule has 0 aromatic carbocycles. The third-order valence-electron chi connectivity index (χ3n) is 6.08. The number of H-pyrrole nitrogens is 4. The highest BCUT2D eigenvalue weighted by Gasteiger charge is 2.22. The first-order valence-corrected chi connectivity index (χ1v) is 13.7. The lowest BCUT2D eigenvalue weighted by atomic mass is 10.0. The molecule has 0 unspecified atom stereocenters. The van der Waals surface area contributed by atoms with Crippen LogP contribution in [0.2, 0.25) is 10.3 Å². The van der Waals surface area contributed by atoms with Crippen LogP contribution < -0.4 is 31.9 Å². The Balaban J connectivity index is 1.41. The summed E-state index contributed by atoms with van der Waals surface area (Å²) >= 11 is 15.3. The average Bonchev–Trinajstić information content (AvgIpc) is 3.58. The predicted molar refractivity (Wildman–Crippen MR) is 147 cm³/mol. The lowest BCUT2D eigenvalue weighted by molar-refractivity contribution is -0.366. The monoisotopic (exact) mass is 586 g/mol. The first-order valence-electron chi connectivity index (χ1n) is 11.2. The molecule has 0 aliphatic rings. The van der Waals surface area contributed by atoms with Gasteiger partial charge in [-0.15, -0.1) is 0 Å². The molecule has 0 radical (unpaired) electrons. The molecule has 0 aliphatic carbocycles. The number of nitrogens with one attached hydrogen (secondary N) is 4. The standard InChI is InChI=1S/C24H14Cl2N6O4S2/c25-17-9-15(33)13-7-11(21(35)29-19(13)31(17)23-27-3-5-37-23)1-2-12-8-14-16(34)10-18(26)32(20(14)30-22(12)36)24-28-4-6-38-24/h3-10H,1-2H2,(H,29,35)(H,30,36)/p+2. The number of nitrogens with zero attached hydrogens (tertiary/aromatic N) is 2. The third kappa shape index (κ3) is 4.11. The summed E-state index contributed by atoms with van der Waals surface area (Å²) < 4.78 is 3.12. The molecule has 14 heteroatoms. The fourth-order valence-corrected chi connectivity index (χ4v) is 6.35. The molecule has 0 saturated carbocycles. The highest BCUT2D eigenvalue weighted by Crippen LogP contribution is 2.22. The molecule has 10 nitrogen and oxygen atoms in total. The van der Waals surface area contributed by atoms with E-state index in [0.29, 0.717) is 21.4 Å². The fraction of sp³-hybridized carbons (Fsp3) is 0.0833. The van der Waals surface area contributed by atoms with Gasteiger partial charge in [-0.05, 0) is 48.2 Å². The summed E-state index contributed by atoms with van der Waals surface area (Å²) in [5.41, 5.74) is -0.348. The topological polar surface area (TPSA) is 138 Å². The van der Waals surface area contributed by atoms with Gasteiger partial charge in [0.2, 0.25) is 21.6 Å². The van der Waals surface area contributed by atoms with Crippen LogP contribution in [0.3, 0.4) is 0 Å². The first-order chi connectivity index (χ1) is 18.3. The molecule has 0 saturated heterocycles. The van der Waals surface area contributed by atoms with Crippen molar-refractivity contribution in [1.82, 2.24) is 19.1 Å². The van der Waals surface area contributed by atoms with Gasteiger partial charge in [0.25, 0.3) is 11.1 Å². The van der Waals surface area contributed by atoms with Crippen molar-refractivity contribution < 1.29 is 9.97 Å². The lowest BCUT2D eigenvalue weighted by Gasteiger charge is -2.07. The van der Waals surface area contributed by atoms with Crippen LogP contribution in [0, 0.1) is 0 Å². The van der Waals surface area contributed by atoms with E-state index in [2.05, 4.69) is 19.9 Å². The molecule has 6 aromatic heterocycles. The van der Waals surface area contributed by atoms with Gasteiger partial charge < -0.3 is 0 Å². The zero-order chi connectivity index (χ0) is 26.6. The van der Waals surface area contributed by atoms with Crippen molar-refractivity contribution in [3.05, 3.63) is 110 Å². The summed E-state index contributed by atoms with van der Waals surface area (Å²) in [4.78, 5) is 63.0. The Labute approximate surface area is 229 Å². The van der Waals surface area contributed by atoms with Crippen LogP contribution in [-0.2, 0) is 12.8 Å². The zero-order valence-corrected chi connectivity index (χ0v) is 22.3. The van der Waals surface area contributed by atoms with Gasteiger partial charge in [-0.1, -0.05) is 22.7 Å². The second-order valence-electron chi connectivity index (χ2n) is 8.35. The molecule has 0 atom stereocenters. The summed E-state index contributed by atoms with van der Waals surface area (Å²) in [6.45, 7) is 0. The van der Waals surface area contributed by atoms with E-state index in [9.17, 15) is 19.2 Å². The van der Waals surface area contributed by atoms with Crippen molar-refractivity contribution in [2.75, 3.05) is 0 Å². The molecule has 6 aromatic rings. The highest BCUT2D eigenvalue weighted by atomic mass is 35.5. The average molecular weight is 587 g/mol. The summed E-state index contributed by atoms with van der Waals surface area (Å²) in [6, 6.07) is 5.61. The number of hydrogen-bond donors (Lipinski definition) is 2. The minimum absolute atomic E-state index is 0.151. The van der Waals surface area contributed by atoms with Crippen LogP contribution in [-0.4, -0.2) is 19.1 Å². The minimum atomic E-state index is -0.413. The van der Waals surface area contributed by atoms with Crippen LogP contribution in [0.4, 0.5) is 0 Å². The Morgan fingerprint density at radius 2 is 1.11 bits per heavy atom. The Kier molecular flexibility index (Phi) is 6.11. The maximum Gasteiger partial charge on any atom is 0.346 e. The summed E-state index contributed by atoms with van der Waals surface area (Å²) in [5, 5.41) is 5.73. The van der Waals surface area contributed by atoms with Gasteiger partial charge >= 0.3 is 10.3 Å². The minimum Gasteiger partial charge on any atom is -0.289 e. The SMILES string of the molecule is O=c1[nH]c2c(cc1CCc1cc3c(=O)cc(Cl)n(-c4[nH+]ccs4)c3[nH]c1=O)c(=O)cc(Cl)n2-c1[nH+]ccs1. The zero-order valence-electron chi connectivity index (χ0n) is 19.1. The third-order valence-corrected chi connectivity index (χ3v) is 8.23. The first kappa shape index (κ1) is 24.5. The van der Waals surface area contributed by atoms with E-state index in [1.165, 1.54) is 46.9 Å².